The summed E-state index contributed by atoms with van der Waals surface area (Å²) in [6, 6.07) is 17.9. The van der Waals surface area contributed by atoms with Crippen molar-refractivity contribution in [3.63, 3.8) is 0 Å². The summed E-state index contributed by atoms with van der Waals surface area (Å²) in [7, 11) is 1.66. The number of hydrogen-bond acceptors (Lipinski definition) is 6. The molecule has 3 aromatic rings. The minimum atomic E-state index is -0.196. The minimum Gasteiger partial charge on any atom is -0.497 e. The number of thioether (sulfide) groups is 2. The maximum atomic E-state index is 13.4. The molecule has 0 amide bonds. The van der Waals surface area contributed by atoms with E-state index >= 15 is 0 Å². The minimum absolute atomic E-state index is 0.0508. The Morgan fingerprint density at radius 2 is 1.76 bits per heavy atom. The fraction of sp³-hybridized carbons (Fsp3) is 0.182. The first-order valence-corrected chi connectivity index (χ1v) is 12.0. The molecule has 2 aliphatic heterocycles. The number of rotatable bonds is 3. The van der Waals surface area contributed by atoms with Gasteiger partial charge in [0.2, 0.25) is 0 Å². The lowest BCUT2D eigenvalue weighted by atomic mass is 10.0. The third-order valence-electron chi connectivity index (χ3n) is 4.88. The second-order valence-electron chi connectivity index (χ2n) is 6.62. The van der Waals surface area contributed by atoms with E-state index in [0.29, 0.717) is 0 Å². The molecule has 1 fully saturated rings. The molecule has 2 aromatic carbocycles. The second-order valence-corrected chi connectivity index (χ2v) is 10.1. The van der Waals surface area contributed by atoms with E-state index in [1.165, 1.54) is 11.3 Å². The third-order valence-corrected chi connectivity index (χ3v) is 8.91. The average molecular weight is 439 g/mol. The van der Waals surface area contributed by atoms with Gasteiger partial charge in [-0.25, -0.2) is 4.99 Å². The number of ether oxygens (including phenoxy) is 1. The molecule has 0 saturated carbocycles. The van der Waals surface area contributed by atoms with Crippen LogP contribution in [0.5, 0.6) is 5.75 Å². The standard InChI is InChI=1S/C22H18N2O2S3/c1-26-16-9-7-15(8-10-16)18-13-17(14-5-3-2-4-6-14)23-22-24(18)20(25)19(29-22)21-27-11-12-28-21/h2-10,13,18H,11-12H2,1H3. The Kier molecular flexibility index (Phi) is 5.11. The number of allylic oxidation sites excluding steroid dienone is 1. The quantitative estimate of drug-likeness (QED) is 0.625. The van der Waals surface area contributed by atoms with Crippen LogP contribution in [0.4, 0.5) is 0 Å². The maximum absolute atomic E-state index is 13.4. The Labute approximate surface area is 180 Å². The van der Waals surface area contributed by atoms with Gasteiger partial charge in [0.15, 0.2) is 4.80 Å². The smallest absolute Gasteiger partial charge is 0.272 e. The van der Waals surface area contributed by atoms with Gasteiger partial charge in [-0.1, -0.05) is 53.8 Å². The van der Waals surface area contributed by atoms with Crippen LogP contribution in [0.15, 0.2) is 70.5 Å². The van der Waals surface area contributed by atoms with Gasteiger partial charge in [-0.05, 0) is 29.3 Å². The van der Waals surface area contributed by atoms with Gasteiger partial charge < -0.3 is 4.74 Å². The molecular formula is C22H18N2O2S3. The van der Waals surface area contributed by atoms with Crippen molar-refractivity contribution in [3.8, 4) is 5.75 Å². The highest BCUT2D eigenvalue weighted by atomic mass is 32.2. The summed E-state index contributed by atoms with van der Waals surface area (Å²) in [5.74, 6) is 2.91. The van der Waals surface area contributed by atoms with Gasteiger partial charge in [-0.2, -0.15) is 0 Å². The van der Waals surface area contributed by atoms with Gasteiger partial charge >= 0.3 is 0 Å². The number of thiazole rings is 1. The molecular weight excluding hydrogens is 420 g/mol. The summed E-state index contributed by atoms with van der Waals surface area (Å²) in [6.07, 6.45) is 2.08. The molecule has 2 aliphatic rings. The van der Waals surface area contributed by atoms with E-state index in [-0.39, 0.29) is 11.6 Å². The van der Waals surface area contributed by atoms with Gasteiger partial charge in [0.05, 0.1) is 23.1 Å². The number of hydrogen-bond donors (Lipinski definition) is 0. The van der Waals surface area contributed by atoms with Gasteiger partial charge in [-0.15, -0.1) is 23.5 Å². The summed E-state index contributed by atoms with van der Waals surface area (Å²) in [6.45, 7) is 0. The number of methoxy groups -OCH3 is 1. The number of fused-ring (bicyclic) bond motifs is 1. The van der Waals surface area contributed by atoms with Crippen molar-refractivity contribution >= 4 is 44.8 Å². The predicted molar refractivity (Wildman–Crippen MR) is 123 cm³/mol. The Morgan fingerprint density at radius 3 is 2.45 bits per heavy atom. The molecule has 0 radical (unpaired) electrons. The molecule has 5 rings (SSSR count). The zero-order valence-electron chi connectivity index (χ0n) is 15.7. The molecule has 146 valence electrons. The Balaban J connectivity index is 1.74. The van der Waals surface area contributed by atoms with Crippen molar-refractivity contribution in [3.05, 3.63) is 91.5 Å². The molecule has 7 heteroatoms. The third kappa shape index (κ3) is 3.47. The second kappa shape index (κ2) is 7.89. The zero-order valence-corrected chi connectivity index (χ0v) is 18.2. The van der Waals surface area contributed by atoms with Crippen molar-refractivity contribution in [1.82, 2.24) is 4.57 Å². The monoisotopic (exact) mass is 438 g/mol. The Bertz CT molecular complexity index is 1250. The Morgan fingerprint density at radius 1 is 1.03 bits per heavy atom. The average Bonchev–Trinajstić information content (AvgIpc) is 3.42. The zero-order chi connectivity index (χ0) is 19.8. The summed E-state index contributed by atoms with van der Waals surface area (Å²) >= 11 is 5.05. The molecule has 1 saturated heterocycles. The maximum Gasteiger partial charge on any atom is 0.272 e. The lowest BCUT2D eigenvalue weighted by molar-refractivity contribution is 0.414. The van der Waals surface area contributed by atoms with Gasteiger partial charge in [-0.3, -0.25) is 9.36 Å². The van der Waals surface area contributed by atoms with Gasteiger partial charge in [0.1, 0.15) is 10.3 Å². The number of aromatic nitrogens is 1. The first-order chi connectivity index (χ1) is 14.2. The molecule has 0 aliphatic carbocycles. The van der Waals surface area contributed by atoms with E-state index in [2.05, 4.69) is 18.2 Å². The summed E-state index contributed by atoms with van der Waals surface area (Å²) in [4.78, 5) is 19.0. The van der Waals surface area contributed by atoms with E-state index in [1.807, 2.05) is 47.0 Å². The van der Waals surface area contributed by atoms with E-state index in [0.717, 1.165) is 47.7 Å². The van der Waals surface area contributed by atoms with Crippen LogP contribution in [0.25, 0.3) is 9.93 Å². The molecule has 1 atom stereocenters. The van der Waals surface area contributed by atoms with Crippen molar-refractivity contribution in [2.45, 2.75) is 6.04 Å². The topological polar surface area (TPSA) is 43.6 Å². The van der Waals surface area contributed by atoms with Crippen LogP contribution >= 0.6 is 34.9 Å². The number of nitrogens with zero attached hydrogens (tertiary/aromatic N) is 2. The lowest BCUT2D eigenvalue weighted by Crippen LogP contribution is -2.36. The summed E-state index contributed by atoms with van der Waals surface area (Å²) < 4.78 is 9.08. The van der Waals surface area contributed by atoms with Crippen LogP contribution in [-0.4, -0.2) is 23.2 Å². The van der Waals surface area contributed by atoms with Crippen molar-refractivity contribution in [2.24, 2.45) is 4.99 Å². The van der Waals surface area contributed by atoms with Crippen LogP contribution in [-0.2, 0) is 0 Å². The van der Waals surface area contributed by atoms with Crippen LogP contribution in [0.1, 0.15) is 17.2 Å². The van der Waals surface area contributed by atoms with Crippen molar-refractivity contribution < 1.29 is 4.74 Å². The fourth-order valence-corrected chi connectivity index (χ4v) is 7.25. The van der Waals surface area contributed by atoms with Crippen LogP contribution in [0.2, 0.25) is 0 Å². The first-order valence-electron chi connectivity index (χ1n) is 9.26. The SMILES string of the molecule is COc1ccc(C2C=C(c3ccccc3)N=c3sc(=C4SCCS4)c(=O)n32)cc1. The normalized spacial score (nSPS) is 18.2. The molecule has 1 unspecified atom stereocenters. The van der Waals surface area contributed by atoms with Crippen molar-refractivity contribution in [1.29, 1.82) is 0 Å². The highest BCUT2D eigenvalue weighted by molar-refractivity contribution is 8.32. The van der Waals surface area contributed by atoms with E-state index in [9.17, 15) is 4.79 Å². The molecule has 0 bridgehead atoms. The predicted octanol–water partition coefficient (Wildman–Crippen LogP) is 3.73. The van der Waals surface area contributed by atoms with Gasteiger partial charge in [0.25, 0.3) is 5.56 Å². The lowest BCUT2D eigenvalue weighted by Gasteiger charge is -2.20. The van der Waals surface area contributed by atoms with Crippen LogP contribution in [0, 0.1) is 0 Å². The summed E-state index contributed by atoms with van der Waals surface area (Å²) in [5, 5.41) is 0. The van der Waals surface area contributed by atoms with Crippen LogP contribution < -0.4 is 19.6 Å². The summed E-state index contributed by atoms with van der Waals surface area (Å²) in [5.41, 5.74) is 3.04. The highest BCUT2D eigenvalue weighted by Crippen LogP contribution is 2.36. The number of benzene rings is 2. The first kappa shape index (κ1) is 18.8. The van der Waals surface area contributed by atoms with Gasteiger partial charge in [0, 0.05) is 11.5 Å². The molecule has 0 spiro atoms. The molecule has 3 heterocycles. The van der Waals surface area contributed by atoms with E-state index < -0.39 is 0 Å². The highest BCUT2D eigenvalue weighted by Gasteiger charge is 2.24. The molecule has 4 nitrogen and oxygen atoms in total. The fourth-order valence-electron chi connectivity index (χ4n) is 3.45. The van der Waals surface area contributed by atoms with Crippen molar-refractivity contribution in [2.75, 3.05) is 18.6 Å². The Hall–Kier alpha value is -2.22. The largest absolute Gasteiger partial charge is 0.497 e. The molecule has 29 heavy (non-hydrogen) atoms. The molecule has 1 aromatic heterocycles. The van der Waals surface area contributed by atoms with E-state index in [1.54, 1.807) is 30.6 Å². The van der Waals surface area contributed by atoms with E-state index in [4.69, 9.17) is 9.73 Å². The van der Waals surface area contributed by atoms with Crippen LogP contribution in [0.3, 0.4) is 0 Å². The molecule has 0 N–H and O–H groups in total.